The lowest BCUT2D eigenvalue weighted by atomic mass is 10.2. The van der Waals surface area contributed by atoms with Gasteiger partial charge in [0.2, 0.25) is 0 Å². The minimum Gasteiger partial charge on any atom is -0.346 e. The highest BCUT2D eigenvalue weighted by Crippen LogP contribution is 1.89. The molecule has 1 N–H and O–H groups in total. The van der Waals surface area contributed by atoms with Crippen molar-refractivity contribution >= 4 is 20.7 Å². The number of halogens is 1. The lowest BCUT2D eigenvalue weighted by molar-refractivity contribution is 0.260. The first-order valence-corrected chi connectivity index (χ1v) is 3.35. The van der Waals surface area contributed by atoms with E-state index < -0.39 is 0 Å². The summed E-state index contributed by atoms with van der Waals surface area (Å²) >= 11 is 2.75. The van der Waals surface area contributed by atoms with Crippen LogP contribution in [0.4, 0.5) is 4.79 Å². The van der Waals surface area contributed by atoms with Crippen molar-refractivity contribution in [1.82, 2.24) is 5.32 Å². The molecule has 1 amide bonds. The Kier molecular flexibility index (Phi) is 3.87. The zero-order valence-electron chi connectivity index (χ0n) is 5.07. The van der Waals surface area contributed by atoms with E-state index in [0.717, 1.165) is 6.54 Å². The Morgan fingerprint density at radius 2 is 2.25 bits per heavy atom. The van der Waals surface area contributed by atoms with Gasteiger partial charge in [0.25, 0.3) is 4.82 Å². The van der Waals surface area contributed by atoms with Crippen molar-refractivity contribution < 1.29 is 4.79 Å². The van der Waals surface area contributed by atoms with Crippen molar-refractivity contribution in [3.8, 4) is 0 Å². The second-order valence-electron chi connectivity index (χ2n) is 2.05. The molecule has 48 valence electrons. The summed E-state index contributed by atoms with van der Waals surface area (Å²) in [7, 11) is 0. The third-order valence-corrected chi connectivity index (χ3v) is 0.930. The zero-order valence-corrected chi connectivity index (χ0v) is 6.66. The summed E-state index contributed by atoms with van der Waals surface area (Å²) in [6.07, 6.45) is 0. The van der Waals surface area contributed by atoms with Crippen LogP contribution >= 0.6 is 15.9 Å². The Morgan fingerprint density at radius 3 is 2.38 bits per heavy atom. The van der Waals surface area contributed by atoms with E-state index in [-0.39, 0.29) is 4.82 Å². The molecule has 0 saturated heterocycles. The molecule has 0 bridgehead atoms. The van der Waals surface area contributed by atoms with E-state index in [1.807, 2.05) is 13.8 Å². The fraction of sp³-hybridized carbons (Fsp3) is 0.800. The molecular weight excluding hydrogens is 170 g/mol. The second kappa shape index (κ2) is 3.89. The summed E-state index contributed by atoms with van der Waals surface area (Å²) in [5.74, 6) is 0.525. The van der Waals surface area contributed by atoms with Crippen molar-refractivity contribution in [3.05, 3.63) is 0 Å². The monoisotopic (exact) mass is 179 g/mol. The molecule has 8 heavy (non-hydrogen) atoms. The van der Waals surface area contributed by atoms with E-state index in [2.05, 4.69) is 21.2 Å². The van der Waals surface area contributed by atoms with Gasteiger partial charge in [-0.3, -0.25) is 4.79 Å². The van der Waals surface area contributed by atoms with Crippen LogP contribution in [0.25, 0.3) is 0 Å². The summed E-state index contributed by atoms with van der Waals surface area (Å²) in [4.78, 5) is 10.0. The van der Waals surface area contributed by atoms with Gasteiger partial charge in [0.1, 0.15) is 0 Å². The third-order valence-electron chi connectivity index (χ3n) is 0.649. The van der Waals surface area contributed by atoms with Gasteiger partial charge in [0.15, 0.2) is 0 Å². The fourth-order valence-corrected chi connectivity index (χ4v) is 0.446. The van der Waals surface area contributed by atoms with Crippen LogP contribution in [0.2, 0.25) is 0 Å². The average molecular weight is 180 g/mol. The van der Waals surface area contributed by atoms with E-state index in [0.29, 0.717) is 5.92 Å². The largest absolute Gasteiger partial charge is 0.346 e. The third kappa shape index (κ3) is 5.95. The Morgan fingerprint density at radius 1 is 1.75 bits per heavy atom. The fourth-order valence-electron chi connectivity index (χ4n) is 0.284. The minimum absolute atomic E-state index is 0.133. The van der Waals surface area contributed by atoms with Crippen molar-refractivity contribution in [2.45, 2.75) is 13.8 Å². The van der Waals surface area contributed by atoms with Gasteiger partial charge in [0, 0.05) is 22.5 Å². The van der Waals surface area contributed by atoms with E-state index in [1.165, 1.54) is 0 Å². The summed E-state index contributed by atoms with van der Waals surface area (Å²) in [6.45, 7) is 4.83. The minimum atomic E-state index is -0.133. The van der Waals surface area contributed by atoms with Crippen molar-refractivity contribution in [2.75, 3.05) is 6.54 Å². The SMILES string of the molecule is CC(C)CNC(=O)Br. The number of hydrogen-bond donors (Lipinski definition) is 1. The average Bonchev–Trinajstić information content (AvgIpc) is 1.61. The molecule has 0 aromatic heterocycles. The topological polar surface area (TPSA) is 29.1 Å². The number of amides is 1. The first-order chi connectivity index (χ1) is 3.63. The van der Waals surface area contributed by atoms with Gasteiger partial charge >= 0.3 is 0 Å². The normalized spacial score (nSPS) is 9.50. The van der Waals surface area contributed by atoms with Crippen LogP contribution in [0.3, 0.4) is 0 Å². The Bertz CT molecular complexity index is 82.5. The summed E-state index contributed by atoms with van der Waals surface area (Å²) < 4.78 is 0. The lowest BCUT2D eigenvalue weighted by Crippen LogP contribution is -2.21. The molecule has 0 atom stereocenters. The van der Waals surface area contributed by atoms with Gasteiger partial charge in [-0.05, 0) is 5.92 Å². The number of hydrogen-bond acceptors (Lipinski definition) is 1. The van der Waals surface area contributed by atoms with Crippen molar-refractivity contribution in [3.63, 3.8) is 0 Å². The molecule has 0 aliphatic heterocycles. The van der Waals surface area contributed by atoms with Crippen LogP contribution < -0.4 is 5.32 Å². The quantitative estimate of drug-likeness (QED) is 0.509. The van der Waals surface area contributed by atoms with Crippen LogP contribution in [0.5, 0.6) is 0 Å². The molecule has 0 radical (unpaired) electrons. The molecule has 0 aliphatic carbocycles. The van der Waals surface area contributed by atoms with Crippen LogP contribution in [-0.2, 0) is 0 Å². The number of nitrogens with one attached hydrogen (secondary N) is 1. The molecule has 0 aromatic rings. The molecule has 0 fully saturated rings. The van der Waals surface area contributed by atoms with Gasteiger partial charge in [-0.25, -0.2) is 0 Å². The maximum absolute atomic E-state index is 10.2. The summed E-state index contributed by atoms with van der Waals surface area (Å²) in [5, 5.41) is 2.62. The molecule has 2 nitrogen and oxygen atoms in total. The van der Waals surface area contributed by atoms with Crippen molar-refractivity contribution in [2.24, 2.45) is 5.92 Å². The molecule has 0 spiro atoms. The maximum atomic E-state index is 10.2. The smallest absolute Gasteiger partial charge is 0.287 e. The highest BCUT2D eigenvalue weighted by Gasteiger charge is 1.93. The van der Waals surface area contributed by atoms with Gasteiger partial charge in [0.05, 0.1) is 0 Å². The van der Waals surface area contributed by atoms with E-state index >= 15 is 0 Å². The van der Waals surface area contributed by atoms with E-state index in [4.69, 9.17) is 0 Å². The highest BCUT2D eigenvalue weighted by molar-refractivity contribution is 9.18. The van der Waals surface area contributed by atoms with Crippen LogP contribution in [0.1, 0.15) is 13.8 Å². The molecule has 0 aliphatic rings. The Labute approximate surface area is 57.8 Å². The molecule has 0 heterocycles. The van der Waals surface area contributed by atoms with Gasteiger partial charge in [-0.15, -0.1) is 0 Å². The lowest BCUT2D eigenvalue weighted by Gasteiger charge is -2.01. The van der Waals surface area contributed by atoms with Crippen LogP contribution in [0.15, 0.2) is 0 Å². The second-order valence-corrected chi connectivity index (χ2v) is 2.77. The molecular formula is C5H10BrNO. The van der Waals surface area contributed by atoms with Gasteiger partial charge < -0.3 is 5.32 Å². The predicted octanol–water partition coefficient (Wildman–Crippen LogP) is 1.75. The molecule has 0 aromatic carbocycles. The van der Waals surface area contributed by atoms with Crippen molar-refractivity contribution in [1.29, 1.82) is 0 Å². The van der Waals surface area contributed by atoms with Crippen LogP contribution in [0, 0.1) is 5.92 Å². The molecule has 0 saturated carbocycles. The molecule has 3 heteroatoms. The maximum Gasteiger partial charge on any atom is 0.287 e. The van der Waals surface area contributed by atoms with Gasteiger partial charge in [-0.2, -0.15) is 0 Å². The predicted molar refractivity (Wildman–Crippen MR) is 37.2 cm³/mol. The first-order valence-electron chi connectivity index (χ1n) is 2.56. The Balaban J connectivity index is 3.05. The Hall–Kier alpha value is -0.0500. The number of carbonyl (C=O) groups is 1. The summed E-state index contributed by atoms with van der Waals surface area (Å²) in [5.41, 5.74) is 0. The number of carbonyl (C=O) groups excluding carboxylic acids is 1. The molecule has 0 unspecified atom stereocenters. The zero-order chi connectivity index (χ0) is 6.57. The molecule has 0 rings (SSSR count). The van der Waals surface area contributed by atoms with E-state index in [1.54, 1.807) is 0 Å². The first kappa shape index (κ1) is 7.95. The summed E-state index contributed by atoms with van der Waals surface area (Å²) in [6, 6.07) is 0. The van der Waals surface area contributed by atoms with Crippen LogP contribution in [-0.4, -0.2) is 11.4 Å². The standard InChI is InChI=1S/C5H10BrNO/c1-4(2)3-7-5(6)8/h4H,3H2,1-2H3,(H,7,8). The van der Waals surface area contributed by atoms with Gasteiger partial charge in [-0.1, -0.05) is 13.8 Å². The van der Waals surface area contributed by atoms with E-state index in [9.17, 15) is 4.79 Å². The highest BCUT2D eigenvalue weighted by atomic mass is 79.9. The number of rotatable bonds is 2.